The van der Waals surface area contributed by atoms with Crippen molar-refractivity contribution in [1.82, 2.24) is 4.98 Å². The molecule has 2 N–H and O–H groups in total. The average molecular weight is 329 g/mol. The quantitative estimate of drug-likeness (QED) is 0.563. The molecule has 0 aliphatic heterocycles. The summed E-state index contributed by atoms with van der Waals surface area (Å²) in [6.07, 6.45) is 1.63. The van der Waals surface area contributed by atoms with Gasteiger partial charge >= 0.3 is 0 Å². The second-order valence-corrected chi connectivity index (χ2v) is 6.09. The molecule has 8 heteroatoms. The molecule has 0 radical (unpaired) electrons. The summed E-state index contributed by atoms with van der Waals surface area (Å²) < 4.78 is 30.9. The molecule has 0 aliphatic rings. The van der Waals surface area contributed by atoms with Crippen LogP contribution < -0.4 is 0 Å². The molecule has 0 amide bonds. The number of phenols is 1. The molecule has 0 saturated carbocycles. The van der Waals surface area contributed by atoms with Gasteiger partial charge in [-0.15, -0.1) is 5.11 Å². The summed E-state index contributed by atoms with van der Waals surface area (Å²) in [5, 5.41) is 18.6. The lowest BCUT2D eigenvalue weighted by Gasteiger charge is -2.03. The molecular formula is C15H11N3O4S. The van der Waals surface area contributed by atoms with E-state index >= 15 is 0 Å². The van der Waals surface area contributed by atoms with Crippen molar-refractivity contribution in [1.29, 1.82) is 0 Å². The number of hydrogen-bond donors (Lipinski definition) is 2. The van der Waals surface area contributed by atoms with Crippen molar-refractivity contribution in [3.05, 3.63) is 54.7 Å². The molecule has 116 valence electrons. The Hall–Kier alpha value is -2.84. The molecule has 0 atom stereocenters. The number of phenolic OH excluding ortho intramolecular Hbond substituents is 1. The van der Waals surface area contributed by atoms with Crippen LogP contribution in [0.5, 0.6) is 5.75 Å². The topological polar surface area (TPSA) is 112 Å². The number of aromatic nitrogens is 1. The van der Waals surface area contributed by atoms with Crippen LogP contribution in [0.4, 0.5) is 11.4 Å². The third-order valence-electron chi connectivity index (χ3n) is 3.14. The largest absolute Gasteiger partial charge is 0.506 e. The van der Waals surface area contributed by atoms with Crippen LogP contribution in [0.1, 0.15) is 0 Å². The maximum Gasteiger partial charge on any atom is 0.294 e. The molecule has 7 nitrogen and oxygen atoms in total. The smallest absolute Gasteiger partial charge is 0.294 e. The van der Waals surface area contributed by atoms with E-state index in [4.69, 9.17) is 4.55 Å². The number of hydrogen-bond acceptors (Lipinski definition) is 6. The molecule has 3 rings (SSSR count). The Balaban J connectivity index is 1.99. The molecule has 1 heterocycles. The molecule has 1 aromatic heterocycles. The summed E-state index contributed by atoms with van der Waals surface area (Å²) >= 11 is 0. The molecule has 0 saturated heterocycles. The molecule has 0 unspecified atom stereocenters. The molecule has 0 fully saturated rings. The average Bonchev–Trinajstić information content (AvgIpc) is 2.53. The summed E-state index contributed by atoms with van der Waals surface area (Å²) in [5.74, 6) is -0.0381. The van der Waals surface area contributed by atoms with Gasteiger partial charge in [0.05, 0.1) is 16.1 Å². The lowest BCUT2D eigenvalue weighted by atomic mass is 10.2. The normalized spacial score (nSPS) is 12.0. The van der Waals surface area contributed by atoms with E-state index in [-0.39, 0.29) is 16.3 Å². The predicted molar refractivity (Wildman–Crippen MR) is 83.8 cm³/mol. The fourth-order valence-corrected chi connectivity index (χ4v) is 2.50. The minimum atomic E-state index is -4.24. The minimum absolute atomic E-state index is 0.0381. The van der Waals surface area contributed by atoms with Crippen molar-refractivity contribution >= 4 is 32.4 Å². The van der Waals surface area contributed by atoms with E-state index in [1.165, 1.54) is 30.3 Å². The van der Waals surface area contributed by atoms with Gasteiger partial charge in [0.2, 0.25) is 0 Å². The highest BCUT2D eigenvalue weighted by molar-refractivity contribution is 7.85. The Kier molecular flexibility index (Phi) is 3.77. The second-order valence-electron chi connectivity index (χ2n) is 4.67. The number of benzene rings is 2. The van der Waals surface area contributed by atoms with Crippen LogP contribution in [0.15, 0.2) is 69.9 Å². The molecule has 23 heavy (non-hydrogen) atoms. The first-order valence-electron chi connectivity index (χ1n) is 6.51. The lowest BCUT2D eigenvalue weighted by molar-refractivity contribution is 0.477. The maximum atomic E-state index is 11.0. The summed E-state index contributed by atoms with van der Waals surface area (Å²) in [6.45, 7) is 0. The van der Waals surface area contributed by atoms with E-state index in [9.17, 15) is 13.5 Å². The van der Waals surface area contributed by atoms with Gasteiger partial charge in [-0.25, -0.2) is 0 Å². The monoisotopic (exact) mass is 329 g/mol. The van der Waals surface area contributed by atoms with Gasteiger partial charge in [0.1, 0.15) is 11.4 Å². The first-order chi connectivity index (χ1) is 10.9. The second kappa shape index (κ2) is 5.75. The van der Waals surface area contributed by atoms with Crippen molar-refractivity contribution in [2.75, 3.05) is 0 Å². The lowest BCUT2D eigenvalue weighted by Crippen LogP contribution is -1.96. The number of rotatable bonds is 3. The van der Waals surface area contributed by atoms with Gasteiger partial charge in [0, 0.05) is 11.6 Å². The Morgan fingerprint density at radius 1 is 0.957 bits per heavy atom. The van der Waals surface area contributed by atoms with Gasteiger partial charge < -0.3 is 5.11 Å². The first-order valence-corrected chi connectivity index (χ1v) is 7.95. The van der Waals surface area contributed by atoms with Crippen molar-refractivity contribution < 1.29 is 18.1 Å². The Morgan fingerprint density at radius 2 is 1.70 bits per heavy atom. The van der Waals surface area contributed by atoms with E-state index in [1.54, 1.807) is 24.4 Å². The van der Waals surface area contributed by atoms with Crippen LogP contribution in [0.2, 0.25) is 0 Å². The van der Waals surface area contributed by atoms with E-state index in [0.717, 1.165) is 0 Å². The van der Waals surface area contributed by atoms with E-state index < -0.39 is 10.1 Å². The zero-order valence-corrected chi connectivity index (χ0v) is 12.5. The summed E-state index contributed by atoms with van der Waals surface area (Å²) in [5.41, 5.74) is 1.31. The van der Waals surface area contributed by atoms with Gasteiger partial charge in [0.25, 0.3) is 10.1 Å². The number of fused-ring (bicyclic) bond motifs is 1. The van der Waals surface area contributed by atoms with Gasteiger partial charge in [-0.2, -0.15) is 13.5 Å². The van der Waals surface area contributed by atoms with Crippen LogP contribution in [0, 0.1) is 0 Å². The number of azo groups is 1. The standard InChI is InChI=1S/C15H11N3O4S/c19-14-8-7-13-12(2-1-9-16-13)15(14)18-17-10-3-5-11(6-4-10)23(20,21)22/h1-9,19H,(H,20,21,22). The van der Waals surface area contributed by atoms with Crippen molar-refractivity contribution in [3.8, 4) is 5.75 Å². The highest BCUT2D eigenvalue weighted by Gasteiger charge is 2.09. The zero-order valence-electron chi connectivity index (χ0n) is 11.7. The van der Waals surface area contributed by atoms with Crippen LogP contribution in [-0.2, 0) is 10.1 Å². The third kappa shape index (κ3) is 3.17. The highest BCUT2D eigenvalue weighted by atomic mass is 32.2. The van der Waals surface area contributed by atoms with Crippen molar-refractivity contribution in [3.63, 3.8) is 0 Å². The van der Waals surface area contributed by atoms with Gasteiger partial charge in [-0.1, -0.05) is 0 Å². The minimum Gasteiger partial charge on any atom is -0.506 e. The first kappa shape index (κ1) is 15.1. The van der Waals surface area contributed by atoms with E-state index in [2.05, 4.69) is 15.2 Å². The summed E-state index contributed by atoms with van der Waals surface area (Å²) in [4.78, 5) is 3.94. The highest BCUT2D eigenvalue weighted by Crippen LogP contribution is 2.35. The molecule has 0 bridgehead atoms. The summed E-state index contributed by atoms with van der Waals surface area (Å²) in [7, 11) is -4.24. The predicted octanol–water partition coefficient (Wildman–Crippen LogP) is 3.60. The van der Waals surface area contributed by atoms with Crippen LogP contribution in [-0.4, -0.2) is 23.1 Å². The van der Waals surface area contributed by atoms with E-state index in [0.29, 0.717) is 16.6 Å². The third-order valence-corrected chi connectivity index (χ3v) is 4.00. The van der Waals surface area contributed by atoms with Crippen molar-refractivity contribution in [2.24, 2.45) is 10.2 Å². The molecule has 0 spiro atoms. The maximum absolute atomic E-state index is 11.0. The fourth-order valence-electron chi connectivity index (χ4n) is 2.02. The fraction of sp³-hybridized carbons (Fsp3) is 0. The van der Waals surface area contributed by atoms with Gasteiger partial charge in [0.15, 0.2) is 0 Å². The SMILES string of the molecule is O=S(=O)(O)c1ccc(N=Nc2c(O)ccc3ncccc23)cc1. The van der Waals surface area contributed by atoms with Crippen molar-refractivity contribution in [2.45, 2.75) is 4.90 Å². The van der Waals surface area contributed by atoms with E-state index in [1.807, 2.05) is 0 Å². The number of nitrogens with zero attached hydrogens (tertiary/aromatic N) is 3. The zero-order chi connectivity index (χ0) is 16.4. The van der Waals surface area contributed by atoms with Gasteiger partial charge in [-0.05, 0) is 48.5 Å². The number of pyridine rings is 1. The Morgan fingerprint density at radius 3 is 2.39 bits per heavy atom. The van der Waals surface area contributed by atoms with Crippen LogP contribution in [0.3, 0.4) is 0 Å². The molecular weight excluding hydrogens is 318 g/mol. The Labute approximate surface area is 131 Å². The van der Waals surface area contributed by atoms with Crippen LogP contribution in [0.25, 0.3) is 10.9 Å². The van der Waals surface area contributed by atoms with Crippen LogP contribution >= 0.6 is 0 Å². The Bertz CT molecular complexity index is 999. The van der Waals surface area contributed by atoms with Gasteiger partial charge in [-0.3, -0.25) is 9.54 Å². The molecule has 2 aromatic carbocycles. The summed E-state index contributed by atoms with van der Waals surface area (Å²) in [6, 6.07) is 11.9. The molecule has 0 aliphatic carbocycles. The molecule has 3 aromatic rings. The number of aromatic hydroxyl groups is 1.